The molecule has 0 heterocycles. The van der Waals surface area contributed by atoms with Crippen LogP contribution < -0.4 is 5.32 Å². The molecule has 2 rings (SSSR count). The van der Waals surface area contributed by atoms with E-state index in [0.717, 1.165) is 29.7 Å². The van der Waals surface area contributed by atoms with Crippen LogP contribution in [0.2, 0.25) is 0 Å². The van der Waals surface area contributed by atoms with Crippen molar-refractivity contribution in [2.45, 2.75) is 71.3 Å². The fourth-order valence-corrected chi connectivity index (χ4v) is 4.26. The third-order valence-corrected chi connectivity index (χ3v) is 5.64. The second kappa shape index (κ2) is 6.22. The van der Waals surface area contributed by atoms with Crippen LogP contribution in [0.4, 0.5) is 0 Å². The fourth-order valence-electron chi connectivity index (χ4n) is 4.26. The molecule has 100 valence electrons. The Kier molecular flexibility index (Phi) is 4.90. The van der Waals surface area contributed by atoms with Crippen molar-refractivity contribution in [3.05, 3.63) is 0 Å². The summed E-state index contributed by atoms with van der Waals surface area (Å²) < 4.78 is 0. The first-order chi connectivity index (χ1) is 8.22. The molecule has 2 fully saturated rings. The monoisotopic (exact) mass is 237 g/mol. The SMILES string of the molecule is CNC(C1CCCCC1)C1CCC(C)C(C)C1. The molecule has 1 nitrogen and oxygen atoms in total. The van der Waals surface area contributed by atoms with Gasteiger partial charge in [-0.15, -0.1) is 0 Å². The Balaban J connectivity index is 1.93. The van der Waals surface area contributed by atoms with E-state index in [1.807, 2.05) is 0 Å². The van der Waals surface area contributed by atoms with Crippen molar-refractivity contribution in [2.75, 3.05) is 7.05 Å². The van der Waals surface area contributed by atoms with Crippen LogP contribution in [0.1, 0.15) is 65.2 Å². The van der Waals surface area contributed by atoms with Crippen LogP contribution in [-0.4, -0.2) is 13.1 Å². The third kappa shape index (κ3) is 3.24. The van der Waals surface area contributed by atoms with Crippen LogP contribution >= 0.6 is 0 Å². The zero-order chi connectivity index (χ0) is 12.3. The maximum absolute atomic E-state index is 3.68. The predicted molar refractivity (Wildman–Crippen MR) is 75.1 cm³/mol. The molecule has 0 aromatic heterocycles. The van der Waals surface area contributed by atoms with Gasteiger partial charge in [-0.05, 0) is 56.4 Å². The van der Waals surface area contributed by atoms with E-state index in [-0.39, 0.29) is 0 Å². The van der Waals surface area contributed by atoms with E-state index in [1.165, 1.54) is 51.4 Å². The maximum atomic E-state index is 3.68. The molecule has 1 N–H and O–H groups in total. The summed E-state index contributed by atoms with van der Waals surface area (Å²) in [6.07, 6.45) is 11.8. The van der Waals surface area contributed by atoms with Crippen LogP contribution in [-0.2, 0) is 0 Å². The molecule has 4 atom stereocenters. The number of hydrogen-bond acceptors (Lipinski definition) is 1. The minimum atomic E-state index is 0.810. The van der Waals surface area contributed by atoms with E-state index in [4.69, 9.17) is 0 Å². The van der Waals surface area contributed by atoms with Gasteiger partial charge in [0.25, 0.3) is 0 Å². The molecular formula is C16H31N. The lowest BCUT2D eigenvalue weighted by molar-refractivity contribution is 0.129. The van der Waals surface area contributed by atoms with Crippen molar-refractivity contribution in [1.82, 2.24) is 5.32 Å². The van der Waals surface area contributed by atoms with Crippen molar-refractivity contribution in [3.63, 3.8) is 0 Å². The van der Waals surface area contributed by atoms with Crippen molar-refractivity contribution in [2.24, 2.45) is 23.7 Å². The molecule has 2 aliphatic rings. The molecule has 0 amide bonds. The van der Waals surface area contributed by atoms with E-state index in [2.05, 4.69) is 26.2 Å². The minimum absolute atomic E-state index is 0.810. The molecule has 0 spiro atoms. The Morgan fingerprint density at radius 1 is 0.824 bits per heavy atom. The summed E-state index contributed by atoms with van der Waals surface area (Å²) in [4.78, 5) is 0. The summed E-state index contributed by atoms with van der Waals surface area (Å²) in [5.41, 5.74) is 0. The largest absolute Gasteiger partial charge is 0.316 e. The van der Waals surface area contributed by atoms with Crippen molar-refractivity contribution >= 4 is 0 Å². The van der Waals surface area contributed by atoms with Gasteiger partial charge >= 0.3 is 0 Å². The first kappa shape index (κ1) is 13.4. The maximum Gasteiger partial charge on any atom is 0.0121 e. The van der Waals surface area contributed by atoms with Crippen LogP contribution in [0.5, 0.6) is 0 Å². The van der Waals surface area contributed by atoms with Gasteiger partial charge in [-0.3, -0.25) is 0 Å². The zero-order valence-corrected chi connectivity index (χ0v) is 12.0. The summed E-state index contributed by atoms with van der Waals surface area (Å²) in [7, 11) is 2.20. The Morgan fingerprint density at radius 2 is 1.53 bits per heavy atom. The highest BCUT2D eigenvalue weighted by Crippen LogP contribution is 2.39. The van der Waals surface area contributed by atoms with Crippen molar-refractivity contribution in [1.29, 1.82) is 0 Å². The smallest absolute Gasteiger partial charge is 0.0121 e. The van der Waals surface area contributed by atoms with E-state index in [9.17, 15) is 0 Å². The lowest BCUT2D eigenvalue weighted by Crippen LogP contribution is -2.43. The Bertz CT molecular complexity index is 220. The van der Waals surface area contributed by atoms with Crippen molar-refractivity contribution < 1.29 is 0 Å². The summed E-state index contributed by atoms with van der Waals surface area (Å²) in [6.45, 7) is 4.90. The number of rotatable bonds is 3. The Labute approximate surface area is 108 Å². The summed E-state index contributed by atoms with van der Waals surface area (Å²) >= 11 is 0. The minimum Gasteiger partial charge on any atom is -0.316 e. The van der Waals surface area contributed by atoms with Gasteiger partial charge in [0, 0.05) is 6.04 Å². The summed E-state index contributed by atoms with van der Waals surface area (Å²) in [5, 5.41) is 3.68. The quantitative estimate of drug-likeness (QED) is 0.774. The van der Waals surface area contributed by atoms with Crippen LogP contribution in [0.25, 0.3) is 0 Å². The van der Waals surface area contributed by atoms with Crippen LogP contribution in [0.15, 0.2) is 0 Å². The topological polar surface area (TPSA) is 12.0 Å². The normalized spacial score (nSPS) is 37.9. The number of hydrogen-bond donors (Lipinski definition) is 1. The van der Waals surface area contributed by atoms with Crippen LogP contribution in [0, 0.1) is 23.7 Å². The van der Waals surface area contributed by atoms with Gasteiger partial charge in [0.1, 0.15) is 0 Å². The fraction of sp³-hybridized carbons (Fsp3) is 1.00. The average molecular weight is 237 g/mol. The molecule has 2 saturated carbocycles. The van der Waals surface area contributed by atoms with Gasteiger partial charge in [0.2, 0.25) is 0 Å². The van der Waals surface area contributed by atoms with Crippen LogP contribution in [0.3, 0.4) is 0 Å². The van der Waals surface area contributed by atoms with E-state index in [1.54, 1.807) is 0 Å². The Morgan fingerprint density at radius 3 is 2.12 bits per heavy atom. The average Bonchev–Trinajstić information content (AvgIpc) is 2.36. The lowest BCUT2D eigenvalue weighted by Gasteiger charge is -2.41. The second-order valence-electron chi connectivity index (χ2n) is 6.74. The molecule has 0 aromatic rings. The third-order valence-electron chi connectivity index (χ3n) is 5.64. The second-order valence-corrected chi connectivity index (χ2v) is 6.74. The molecule has 2 aliphatic carbocycles. The first-order valence-electron chi connectivity index (χ1n) is 7.89. The van der Waals surface area contributed by atoms with Crippen molar-refractivity contribution in [3.8, 4) is 0 Å². The van der Waals surface area contributed by atoms with Gasteiger partial charge in [-0.2, -0.15) is 0 Å². The van der Waals surface area contributed by atoms with E-state index in [0.29, 0.717) is 0 Å². The van der Waals surface area contributed by atoms with Gasteiger partial charge < -0.3 is 5.32 Å². The lowest BCUT2D eigenvalue weighted by atomic mass is 9.69. The van der Waals surface area contributed by atoms with E-state index >= 15 is 0 Å². The molecule has 0 aromatic carbocycles. The van der Waals surface area contributed by atoms with Gasteiger partial charge in [0.05, 0.1) is 0 Å². The standard InChI is InChI=1S/C16H31N/c1-12-9-10-15(11-13(12)2)16(17-3)14-7-5-4-6-8-14/h12-17H,4-11H2,1-3H3. The zero-order valence-electron chi connectivity index (χ0n) is 12.0. The predicted octanol–water partition coefficient (Wildman–Crippen LogP) is 4.23. The summed E-state index contributed by atoms with van der Waals surface area (Å²) in [6, 6.07) is 0.810. The molecular weight excluding hydrogens is 206 g/mol. The molecule has 0 saturated heterocycles. The first-order valence-corrected chi connectivity index (χ1v) is 7.89. The Hall–Kier alpha value is -0.0400. The highest BCUT2D eigenvalue weighted by molar-refractivity contribution is 4.88. The molecule has 17 heavy (non-hydrogen) atoms. The van der Waals surface area contributed by atoms with Gasteiger partial charge in [-0.1, -0.05) is 39.5 Å². The van der Waals surface area contributed by atoms with Gasteiger partial charge in [-0.25, -0.2) is 0 Å². The highest BCUT2D eigenvalue weighted by Gasteiger charge is 2.33. The molecule has 0 radical (unpaired) electrons. The van der Waals surface area contributed by atoms with E-state index < -0.39 is 0 Å². The summed E-state index contributed by atoms with van der Waals surface area (Å²) in [5.74, 6) is 3.82. The highest BCUT2D eigenvalue weighted by atomic mass is 14.9. The van der Waals surface area contributed by atoms with Gasteiger partial charge in [0.15, 0.2) is 0 Å². The molecule has 0 aliphatic heterocycles. The molecule has 0 bridgehead atoms. The molecule has 1 heteroatoms. The number of nitrogens with one attached hydrogen (secondary N) is 1. The molecule has 4 unspecified atom stereocenters.